The molecule has 2 atom stereocenters. The predicted molar refractivity (Wildman–Crippen MR) is 41.6 cm³/mol. The number of aliphatic hydroxyl groups is 1. The van der Waals surface area contributed by atoms with Gasteiger partial charge in [0.2, 0.25) is 10.0 Å². The van der Waals surface area contributed by atoms with Gasteiger partial charge in [0.15, 0.2) is 0 Å². The van der Waals surface area contributed by atoms with Crippen LogP contribution < -0.4 is 4.72 Å². The first kappa shape index (κ1) is 8.96. The minimum atomic E-state index is -3.09. The Morgan fingerprint density at radius 1 is 1.45 bits per heavy atom. The number of hydrogen-bond donors (Lipinski definition) is 2. The quantitative estimate of drug-likeness (QED) is 0.597. The zero-order valence-electron chi connectivity index (χ0n) is 6.45. The molecule has 1 fully saturated rings. The Labute approximate surface area is 66.7 Å². The summed E-state index contributed by atoms with van der Waals surface area (Å²) in [7, 11) is -3.09. The van der Waals surface area contributed by atoms with E-state index in [4.69, 9.17) is 5.11 Å². The molecule has 0 aliphatic heterocycles. The van der Waals surface area contributed by atoms with Crippen LogP contribution in [0.3, 0.4) is 0 Å². The molecule has 0 aromatic rings. The SMILES string of the molecule is CS(=O)(=O)N[C@@H]1CC[C@@H](O)C1. The van der Waals surface area contributed by atoms with Gasteiger partial charge >= 0.3 is 0 Å². The molecule has 4 nitrogen and oxygen atoms in total. The summed E-state index contributed by atoms with van der Waals surface area (Å²) in [6.45, 7) is 0. The van der Waals surface area contributed by atoms with E-state index in [2.05, 4.69) is 4.72 Å². The second-order valence-corrected chi connectivity index (χ2v) is 4.83. The summed E-state index contributed by atoms with van der Waals surface area (Å²) in [4.78, 5) is 0. The van der Waals surface area contributed by atoms with Gasteiger partial charge in [0.05, 0.1) is 12.4 Å². The highest BCUT2D eigenvalue weighted by molar-refractivity contribution is 7.88. The monoisotopic (exact) mass is 179 g/mol. The molecule has 0 saturated heterocycles. The molecule has 66 valence electrons. The van der Waals surface area contributed by atoms with Gasteiger partial charge in [-0.25, -0.2) is 13.1 Å². The summed E-state index contributed by atoms with van der Waals surface area (Å²) in [5.74, 6) is 0. The number of sulfonamides is 1. The minimum absolute atomic E-state index is 0.0556. The Balaban J connectivity index is 2.41. The van der Waals surface area contributed by atoms with E-state index in [0.29, 0.717) is 12.8 Å². The molecule has 0 amide bonds. The molecule has 11 heavy (non-hydrogen) atoms. The average molecular weight is 179 g/mol. The van der Waals surface area contributed by atoms with E-state index >= 15 is 0 Å². The summed E-state index contributed by atoms with van der Waals surface area (Å²) in [5, 5.41) is 9.06. The van der Waals surface area contributed by atoms with Crippen LogP contribution in [0.2, 0.25) is 0 Å². The highest BCUT2D eigenvalue weighted by Gasteiger charge is 2.24. The number of rotatable bonds is 2. The van der Waals surface area contributed by atoms with Crippen LogP contribution in [-0.2, 0) is 10.0 Å². The average Bonchev–Trinajstić information content (AvgIpc) is 2.10. The molecule has 5 heteroatoms. The Bertz CT molecular complexity index is 224. The zero-order chi connectivity index (χ0) is 8.48. The maximum Gasteiger partial charge on any atom is 0.208 e. The minimum Gasteiger partial charge on any atom is -0.393 e. The third kappa shape index (κ3) is 3.18. The van der Waals surface area contributed by atoms with Gasteiger partial charge in [-0.15, -0.1) is 0 Å². The van der Waals surface area contributed by atoms with Gasteiger partial charge in [-0.3, -0.25) is 0 Å². The first-order chi connectivity index (χ1) is 4.97. The van der Waals surface area contributed by atoms with Gasteiger partial charge in [0, 0.05) is 6.04 Å². The van der Waals surface area contributed by atoms with E-state index in [1.54, 1.807) is 0 Å². The highest BCUT2D eigenvalue weighted by Crippen LogP contribution is 2.18. The molecular formula is C6H13NO3S. The van der Waals surface area contributed by atoms with Gasteiger partial charge in [-0.2, -0.15) is 0 Å². The van der Waals surface area contributed by atoms with Crippen molar-refractivity contribution in [2.24, 2.45) is 0 Å². The topological polar surface area (TPSA) is 66.4 Å². The van der Waals surface area contributed by atoms with Crippen LogP contribution in [0.1, 0.15) is 19.3 Å². The summed E-state index contributed by atoms with van der Waals surface area (Å²) in [6, 6.07) is -0.0556. The molecule has 0 spiro atoms. The number of hydrogen-bond acceptors (Lipinski definition) is 3. The van der Waals surface area contributed by atoms with E-state index in [-0.39, 0.29) is 12.1 Å². The lowest BCUT2D eigenvalue weighted by Crippen LogP contribution is -2.32. The Morgan fingerprint density at radius 3 is 2.45 bits per heavy atom. The van der Waals surface area contributed by atoms with Crippen molar-refractivity contribution in [3.8, 4) is 0 Å². The molecule has 1 aliphatic carbocycles. The van der Waals surface area contributed by atoms with E-state index in [9.17, 15) is 8.42 Å². The molecule has 0 bridgehead atoms. The van der Waals surface area contributed by atoms with Crippen molar-refractivity contribution in [1.82, 2.24) is 4.72 Å². The van der Waals surface area contributed by atoms with Crippen LogP contribution in [-0.4, -0.2) is 31.9 Å². The van der Waals surface area contributed by atoms with Crippen LogP contribution in [0.4, 0.5) is 0 Å². The molecule has 0 aromatic heterocycles. The van der Waals surface area contributed by atoms with Gasteiger partial charge in [-0.1, -0.05) is 0 Å². The van der Waals surface area contributed by atoms with Gasteiger partial charge in [-0.05, 0) is 19.3 Å². The predicted octanol–water partition coefficient (Wildman–Crippen LogP) is -0.551. The largest absolute Gasteiger partial charge is 0.393 e. The zero-order valence-corrected chi connectivity index (χ0v) is 7.26. The highest BCUT2D eigenvalue weighted by atomic mass is 32.2. The molecule has 2 N–H and O–H groups in total. The van der Waals surface area contributed by atoms with Gasteiger partial charge in [0.1, 0.15) is 0 Å². The summed E-state index contributed by atoms with van der Waals surface area (Å²) < 4.78 is 23.9. The smallest absolute Gasteiger partial charge is 0.208 e. The van der Waals surface area contributed by atoms with Crippen LogP contribution in [0.15, 0.2) is 0 Å². The molecule has 1 saturated carbocycles. The maximum atomic E-state index is 10.7. The van der Waals surface area contributed by atoms with E-state index < -0.39 is 10.0 Å². The van der Waals surface area contributed by atoms with Gasteiger partial charge in [0.25, 0.3) is 0 Å². The van der Waals surface area contributed by atoms with Crippen molar-refractivity contribution >= 4 is 10.0 Å². The Hall–Kier alpha value is -0.130. The molecule has 0 aromatic carbocycles. The lowest BCUT2D eigenvalue weighted by Gasteiger charge is -2.08. The molecule has 0 unspecified atom stereocenters. The van der Waals surface area contributed by atoms with Crippen molar-refractivity contribution < 1.29 is 13.5 Å². The normalized spacial score (nSPS) is 32.5. The summed E-state index contributed by atoms with van der Waals surface area (Å²) in [6.07, 6.45) is 2.81. The van der Waals surface area contributed by atoms with Crippen molar-refractivity contribution in [1.29, 1.82) is 0 Å². The fourth-order valence-electron chi connectivity index (χ4n) is 1.37. The van der Waals surface area contributed by atoms with Crippen molar-refractivity contribution in [3.63, 3.8) is 0 Å². The number of aliphatic hydroxyl groups excluding tert-OH is 1. The Morgan fingerprint density at radius 2 is 2.09 bits per heavy atom. The first-order valence-corrected chi connectivity index (χ1v) is 5.52. The fourth-order valence-corrected chi connectivity index (χ4v) is 2.19. The molecule has 1 rings (SSSR count). The molecule has 1 aliphatic rings. The summed E-state index contributed by atoms with van der Waals surface area (Å²) >= 11 is 0. The van der Waals surface area contributed by atoms with Crippen LogP contribution >= 0.6 is 0 Å². The van der Waals surface area contributed by atoms with Crippen molar-refractivity contribution in [2.75, 3.05) is 6.26 Å². The maximum absolute atomic E-state index is 10.7. The second kappa shape index (κ2) is 3.08. The summed E-state index contributed by atoms with van der Waals surface area (Å²) in [5.41, 5.74) is 0. The van der Waals surface area contributed by atoms with Crippen LogP contribution in [0.5, 0.6) is 0 Å². The lowest BCUT2D eigenvalue weighted by atomic mass is 10.3. The molecular weight excluding hydrogens is 166 g/mol. The van der Waals surface area contributed by atoms with Crippen LogP contribution in [0, 0.1) is 0 Å². The third-order valence-electron chi connectivity index (χ3n) is 1.79. The fraction of sp³-hybridized carbons (Fsp3) is 1.00. The van der Waals surface area contributed by atoms with Crippen molar-refractivity contribution in [3.05, 3.63) is 0 Å². The van der Waals surface area contributed by atoms with E-state index in [1.807, 2.05) is 0 Å². The van der Waals surface area contributed by atoms with Crippen molar-refractivity contribution in [2.45, 2.75) is 31.4 Å². The molecule has 0 heterocycles. The van der Waals surface area contributed by atoms with E-state index in [1.165, 1.54) is 0 Å². The lowest BCUT2D eigenvalue weighted by molar-refractivity contribution is 0.181. The molecule has 0 radical (unpaired) electrons. The van der Waals surface area contributed by atoms with Crippen LogP contribution in [0.25, 0.3) is 0 Å². The van der Waals surface area contributed by atoms with Gasteiger partial charge < -0.3 is 5.11 Å². The second-order valence-electron chi connectivity index (χ2n) is 3.05. The number of nitrogens with one attached hydrogen (secondary N) is 1. The standard InChI is InChI=1S/C6H13NO3S/c1-11(9,10)7-5-2-3-6(8)4-5/h5-8H,2-4H2,1H3/t5-,6-/m1/s1. The first-order valence-electron chi connectivity index (χ1n) is 3.63. The third-order valence-corrected chi connectivity index (χ3v) is 2.55. The Kier molecular flexibility index (Phi) is 2.51. The van der Waals surface area contributed by atoms with E-state index in [0.717, 1.165) is 12.7 Å².